The van der Waals surface area contributed by atoms with Crippen LogP contribution in [0.1, 0.15) is 37.8 Å². The number of halogens is 1. The summed E-state index contributed by atoms with van der Waals surface area (Å²) in [4.78, 5) is 12.4. The molecule has 0 aromatic heterocycles. The number of carbonyl (C=O) groups excluding carboxylic acids is 1. The van der Waals surface area contributed by atoms with Crippen LogP contribution in [0, 0.1) is 0 Å². The summed E-state index contributed by atoms with van der Waals surface area (Å²) in [5.74, 6) is 0.215. The highest BCUT2D eigenvalue weighted by atomic mass is 35.5. The van der Waals surface area contributed by atoms with Crippen LogP contribution in [0.15, 0.2) is 65.7 Å². The fourth-order valence-electron chi connectivity index (χ4n) is 3.24. The van der Waals surface area contributed by atoms with Gasteiger partial charge in [-0.15, -0.1) is 0 Å². The molecule has 3 rings (SSSR count). The third kappa shape index (κ3) is 3.02. The summed E-state index contributed by atoms with van der Waals surface area (Å²) >= 11 is 6.01. The van der Waals surface area contributed by atoms with Gasteiger partial charge in [-0.2, -0.15) is 0 Å². The van der Waals surface area contributed by atoms with Gasteiger partial charge >= 0.3 is 0 Å². The molecule has 0 saturated heterocycles. The number of hydrogen-bond acceptors (Lipinski definition) is 1. The molecular formula is C21H19ClO. The highest BCUT2D eigenvalue weighted by molar-refractivity contribution is 6.30. The third-order valence-electron chi connectivity index (χ3n) is 4.41. The molecule has 0 unspecified atom stereocenters. The van der Waals surface area contributed by atoms with Crippen LogP contribution in [0.3, 0.4) is 0 Å². The second kappa shape index (κ2) is 6.55. The van der Waals surface area contributed by atoms with Gasteiger partial charge in [0.25, 0.3) is 0 Å². The fraction of sp³-hybridized carbons (Fsp3) is 0.190. The summed E-state index contributed by atoms with van der Waals surface area (Å²) in [7, 11) is 0. The van der Waals surface area contributed by atoms with Crippen LogP contribution in [-0.2, 0) is 4.79 Å². The van der Waals surface area contributed by atoms with Gasteiger partial charge in [0, 0.05) is 17.0 Å². The van der Waals surface area contributed by atoms with Crippen molar-refractivity contribution in [2.24, 2.45) is 0 Å². The lowest BCUT2D eigenvalue weighted by Gasteiger charge is -2.14. The zero-order chi connectivity index (χ0) is 16.4. The number of Topliss-reactive ketones (excluding diaryl/α,β-unsaturated/α-hetero) is 1. The monoisotopic (exact) mass is 322 g/mol. The van der Waals surface area contributed by atoms with E-state index in [9.17, 15) is 4.79 Å². The van der Waals surface area contributed by atoms with Crippen LogP contribution in [0.25, 0.3) is 11.1 Å². The zero-order valence-corrected chi connectivity index (χ0v) is 14.2. The van der Waals surface area contributed by atoms with Gasteiger partial charge in [-0.1, -0.05) is 61.0 Å². The summed E-state index contributed by atoms with van der Waals surface area (Å²) in [5.41, 5.74) is 6.59. The third-order valence-corrected chi connectivity index (χ3v) is 4.66. The average molecular weight is 323 g/mol. The molecule has 2 heteroatoms. The van der Waals surface area contributed by atoms with Gasteiger partial charge in [0.05, 0.1) is 0 Å². The number of rotatable bonds is 3. The van der Waals surface area contributed by atoms with E-state index in [1.54, 1.807) is 0 Å². The smallest absolute Gasteiger partial charge is 0.163 e. The average Bonchev–Trinajstić information content (AvgIpc) is 2.85. The van der Waals surface area contributed by atoms with E-state index in [0.29, 0.717) is 11.4 Å². The van der Waals surface area contributed by atoms with E-state index in [1.807, 2.05) is 49.4 Å². The first-order valence-electron chi connectivity index (χ1n) is 7.89. The Kier molecular flexibility index (Phi) is 4.49. The summed E-state index contributed by atoms with van der Waals surface area (Å²) in [6, 6.07) is 18.1. The van der Waals surface area contributed by atoms with E-state index >= 15 is 0 Å². The first kappa shape index (κ1) is 15.8. The van der Waals surface area contributed by atoms with Crippen molar-refractivity contribution in [3.63, 3.8) is 0 Å². The lowest BCUT2D eigenvalue weighted by molar-refractivity contribution is -0.114. The molecule has 0 radical (unpaired) electrons. The molecular weight excluding hydrogens is 304 g/mol. The Balaban J connectivity index is 2.20. The minimum Gasteiger partial charge on any atom is -0.294 e. The molecule has 0 heterocycles. The molecule has 0 saturated carbocycles. The maximum absolute atomic E-state index is 12.4. The number of hydrogen-bond donors (Lipinski definition) is 0. The van der Waals surface area contributed by atoms with Crippen LogP contribution in [0.4, 0.5) is 0 Å². The van der Waals surface area contributed by atoms with E-state index < -0.39 is 0 Å². The number of carbonyl (C=O) groups is 1. The van der Waals surface area contributed by atoms with Gasteiger partial charge in [0.2, 0.25) is 0 Å². The van der Waals surface area contributed by atoms with Crippen molar-refractivity contribution in [3.05, 3.63) is 81.9 Å². The van der Waals surface area contributed by atoms with Crippen LogP contribution < -0.4 is 0 Å². The lowest BCUT2D eigenvalue weighted by Crippen LogP contribution is -1.94. The molecule has 0 N–H and O–H groups in total. The van der Waals surface area contributed by atoms with E-state index in [-0.39, 0.29) is 5.78 Å². The van der Waals surface area contributed by atoms with Gasteiger partial charge in [0.15, 0.2) is 5.78 Å². The van der Waals surface area contributed by atoms with E-state index in [2.05, 4.69) is 19.1 Å². The van der Waals surface area contributed by atoms with Gasteiger partial charge in [0.1, 0.15) is 0 Å². The first-order chi connectivity index (χ1) is 11.1. The summed E-state index contributed by atoms with van der Waals surface area (Å²) in [6.45, 7) is 4.07. The van der Waals surface area contributed by atoms with Crippen LogP contribution in [-0.4, -0.2) is 5.78 Å². The largest absolute Gasteiger partial charge is 0.294 e. The summed E-state index contributed by atoms with van der Waals surface area (Å²) < 4.78 is 0. The molecule has 1 aliphatic rings. The van der Waals surface area contributed by atoms with Crippen molar-refractivity contribution >= 4 is 28.5 Å². The predicted octanol–water partition coefficient (Wildman–Crippen LogP) is 5.95. The Morgan fingerprint density at radius 1 is 1.04 bits per heavy atom. The van der Waals surface area contributed by atoms with Gasteiger partial charge in [-0.25, -0.2) is 0 Å². The number of ketones is 1. The summed E-state index contributed by atoms with van der Waals surface area (Å²) in [5, 5.41) is 0.709. The fourth-order valence-corrected chi connectivity index (χ4v) is 3.37. The van der Waals surface area contributed by atoms with Crippen molar-refractivity contribution in [2.75, 3.05) is 0 Å². The second-order valence-corrected chi connectivity index (χ2v) is 6.22. The van der Waals surface area contributed by atoms with Crippen LogP contribution in [0.2, 0.25) is 5.02 Å². The van der Waals surface area contributed by atoms with Crippen LogP contribution in [0.5, 0.6) is 0 Å². The minimum atomic E-state index is 0.215. The van der Waals surface area contributed by atoms with Gasteiger partial charge in [-0.3, -0.25) is 4.79 Å². The van der Waals surface area contributed by atoms with Crippen LogP contribution >= 0.6 is 11.6 Å². The van der Waals surface area contributed by atoms with Crippen molar-refractivity contribution < 1.29 is 4.79 Å². The SMILES string of the molecule is CC/C(=C1\CC(=O)C(C)=C1c1ccc(Cl)cc1)c1ccccc1. The Morgan fingerprint density at radius 3 is 2.30 bits per heavy atom. The van der Waals surface area contributed by atoms with Crippen molar-refractivity contribution in [1.82, 2.24) is 0 Å². The topological polar surface area (TPSA) is 17.1 Å². The van der Waals surface area contributed by atoms with Crippen molar-refractivity contribution in [3.8, 4) is 0 Å². The Labute approximate surface area is 142 Å². The summed E-state index contributed by atoms with van der Waals surface area (Å²) in [6.07, 6.45) is 1.39. The molecule has 0 atom stereocenters. The molecule has 0 spiro atoms. The molecule has 1 aliphatic carbocycles. The van der Waals surface area contributed by atoms with Gasteiger partial charge in [-0.05, 0) is 53.3 Å². The van der Waals surface area contributed by atoms with Gasteiger partial charge < -0.3 is 0 Å². The van der Waals surface area contributed by atoms with E-state index in [1.165, 1.54) is 11.1 Å². The maximum Gasteiger partial charge on any atom is 0.163 e. The van der Waals surface area contributed by atoms with Crippen molar-refractivity contribution in [2.45, 2.75) is 26.7 Å². The highest BCUT2D eigenvalue weighted by Gasteiger charge is 2.27. The molecule has 0 bridgehead atoms. The second-order valence-electron chi connectivity index (χ2n) is 5.78. The first-order valence-corrected chi connectivity index (χ1v) is 8.27. The number of benzene rings is 2. The standard InChI is InChI=1S/C21H19ClO/c1-3-18(15-7-5-4-6-8-15)19-13-20(23)14(2)21(19)16-9-11-17(22)12-10-16/h4-12H,3,13H2,1-2H3/b19-18-. The zero-order valence-electron chi connectivity index (χ0n) is 13.4. The normalized spacial score (nSPS) is 16.9. The predicted molar refractivity (Wildman–Crippen MR) is 97.3 cm³/mol. The molecule has 1 nitrogen and oxygen atoms in total. The molecule has 0 fully saturated rings. The quantitative estimate of drug-likeness (QED) is 0.682. The molecule has 2 aromatic rings. The minimum absolute atomic E-state index is 0.215. The maximum atomic E-state index is 12.4. The Morgan fingerprint density at radius 2 is 1.70 bits per heavy atom. The van der Waals surface area contributed by atoms with E-state index in [0.717, 1.165) is 28.7 Å². The number of allylic oxidation sites excluding steroid dienone is 4. The lowest BCUT2D eigenvalue weighted by atomic mass is 9.90. The van der Waals surface area contributed by atoms with Crippen molar-refractivity contribution in [1.29, 1.82) is 0 Å². The molecule has 0 aliphatic heterocycles. The Bertz CT molecular complexity index is 795. The Hall–Kier alpha value is -2.12. The highest BCUT2D eigenvalue weighted by Crippen LogP contribution is 2.41. The van der Waals surface area contributed by atoms with E-state index in [4.69, 9.17) is 11.6 Å². The molecule has 116 valence electrons. The molecule has 0 amide bonds. The molecule has 2 aromatic carbocycles. The molecule has 23 heavy (non-hydrogen) atoms.